The van der Waals surface area contributed by atoms with E-state index in [9.17, 15) is 4.79 Å². The standard InChI is InChI=1S/C9H7Cl3O/c1-5(13)4-6-7(10)2-3-8(11)9(6)12/h2-3H,4H2,1H3. The highest BCUT2D eigenvalue weighted by molar-refractivity contribution is 6.44. The van der Waals surface area contributed by atoms with Gasteiger partial charge in [-0.15, -0.1) is 0 Å². The Morgan fingerprint density at radius 2 is 1.77 bits per heavy atom. The van der Waals surface area contributed by atoms with Gasteiger partial charge in [-0.3, -0.25) is 4.79 Å². The second kappa shape index (κ2) is 4.32. The van der Waals surface area contributed by atoms with Gasteiger partial charge in [-0.25, -0.2) is 0 Å². The SMILES string of the molecule is CC(=O)Cc1c(Cl)ccc(Cl)c1Cl. The molecular formula is C9H7Cl3O. The Bertz CT molecular complexity index is 347. The van der Waals surface area contributed by atoms with Crippen LogP contribution in [0.4, 0.5) is 0 Å². The van der Waals surface area contributed by atoms with E-state index in [0.717, 1.165) is 0 Å². The van der Waals surface area contributed by atoms with E-state index in [2.05, 4.69) is 0 Å². The number of Topliss-reactive ketones (excluding diaryl/α,β-unsaturated/α-hetero) is 1. The molecule has 0 aliphatic rings. The molecule has 0 saturated heterocycles. The molecule has 0 atom stereocenters. The van der Waals surface area contributed by atoms with Crippen LogP contribution in [0.3, 0.4) is 0 Å². The smallest absolute Gasteiger partial charge is 0.134 e. The zero-order valence-corrected chi connectivity index (χ0v) is 9.17. The second-order valence-electron chi connectivity index (χ2n) is 2.70. The molecule has 0 unspecified atom stereocenters. The summed E-state index contributed by atoms with van der Waals surface area (Å²) in [5.74, 6) is 0.00562. The zero-order chi connectivity index (χ0) is 10.0. The first-order chi connectivity index (χ1) is 6.02. The molecule has 70 valence electrons. The van der Waals surface area contributed by atoms with Gasteiger partial charge in [0, 0.05) is 11.4 Å². The third-order valence-corrected chi connectivity index (χ3v) is 2.76. The van der Waals surface area contributed by atoms with Crippen LogP contribution in [0.25, 0.3) is 0 Å². The first-order valence-electron chi connectivity index (χ1n) is 3.64. The maximum absolute atomic E-state index is 10.9. The Morgan fingerprint density at radius 1 is 1.23 bits per heavy atom. The van der Waals surface area contributed by atoms with Crippen molar-refractivity contribution in [1.29, 1.82) is 0 Å². The summed E-state index contributed by atoms with van der Waals surface area (Å²) in [6.07, 6.45) is 0.220. The average Bonchev–Trinajstić information content (AvgIpc) is 2.05. The predicted molar refractivity (Wildman–Crippen MR) is 55.9 cm³/mol. The van der Waals surface area contributed by atoms with Gasteiger partial charge in [0.05, 0.1) is 10.0 Å². The molecule has 1 nitrogen and oxygen atoms in total. The van der Waals surface area contributed by atoms with Crippen molar-refractivity contribution >= 4 is 40.6 Å². The van der Waals surface area contributed by atoms with Crippen molar-refractivity contribution in [3.05, 3.63) is 32.8 Å². The van der Waals surface area contributed by atoms with Gasteiger partial charge in [0.1, 0.15) is 5.78 Å². The summed E-state index contributed by atoms with van der Waals surface area (Å²) in [6.45, 7) is 1.48. The van der Waals surface area contributed by atoms with Crippen molar-refractivity contribution in [3.8, 4) is 0 Å². The lowest BCUT2D eigenvalue weighted by Crippen LogP contribution is -1.98. The van der Waals surface area contributed by atoms with Gasteiger partial charge in [-0.05, 0) is 24.6 Å². The molecule has 1 aromatic rings. The van der Waals surface area contributed by atoms with Crippen molar-refractivity contribution < 1.29 is 4.79 Å². The minimum Gasteiger partial charge on any atom is -0.300 e. The molecule has 0 aliphatic carbocycles. The zero-order valence-electron chi connectivity index (χ0n) is 6.90. The normalized spacial score (nSPS) is 10.2. The fraction of sp³-hybridized carbons (Fsp3) is 0.222. The van der Waals surface area contributed by atoms with E-state index in [1.54, 1.807) is 12.1 Å². The van der Waals surface area contributed by atoms with Crippen LogP contribution in [-0.2, 0) is 11.2 Å². The maximum Gasteiger partial charge on any atom is 0.134 e. The second-order valence-corrected chi connectivity index (χ2v) is 3.89. The van der Waals surface area contributed by atoms with E-state index in [1.165, 1.54) is 6.92 Å². The molecule has 0 saturated carbocycles. The minimum atomic E-state index is 0.00562. The van der Waals surface area contributed by atoms with Crippen LogP contribution in [0.15, 0.2) is 12.1 Å². The predicted octanol–water partition coefficient (Wildman–Crippen LogP) is 3.78. The van der Waals surface area contributed by atoms with Crippen molar-refractivity contribution in [1.82, 2.24) is 0 Å². The van der Waals surface area contributed by atoms with Gasteiger partial charge in [0.25, 0.3) is 0 Å². The molecule has 0 bridgehead atoms. The molecule has 13 heavy (non-hydrogen) atoms. The number of benzene rings is 1. The first-order valence-corrected chi connectivity index (χ1v) is 4.77. The topological polar surface area (TPSA) is 17.1 Å². The van der Waals surface area contributed by atoms with Crippen LogP contribution >= 0.6 is 34.8 Å². The van der Waals surface area contributed by atoms with Gasteiger partial charge in [-0.1, -0.05) is 34.8 Å². The van der Waals surface area contributed by atoms with Gasteiger partial charge < -0.3 is 0 Å². The summed E-state index contributed by atoms with van der Waals surface area (Å²) in [5, 5.41) is 1.26. The molecule has 0 aromatic heterocycles. The van der Waals surface area contributed by atoms with Gasteiger partial charge in [-0.2, -0.15) is 0 Å². The summed E-state index contributed by atoms with van der Waals surface area (Å²) in [6, 6.07) is 3.24. The maximum atomic E-state index is 10.9. The Labute approximate surface area is 91.6 Å². The van der Waals surface area contributed by atoms with Crippen molar-refractivity contribution in [2.24, 2.45) is 0 Å². The van der Waals surface area contributed by atoms with E-state index in [4.69, 9.17) is 34.8 Å². The van der Waals surface area contributed by atoms with Crippen LogP contribution in [-0.4, -0.2) is 5.78 Å². The number of ketones is 1. The summed E-state index contributed by atoms with van der Waals surface area (Å²) in [7, 11) is 0. The highest BCUT2D eigenvalue weighted by atomic mass is 35.5. The monoisotopic (exact) mass is 236 g/mol. The average molecular weight is 238 g/mol. The van der Waals surface area contributed by atoms with Crippen LogP contribution in [0.2, 0.25) is 15.1 Å². The molecule has 1 aromatic carbocycles. The molecule has 0 radical (unpaired) electrons. The molecule has 0 heterocycles. The van der Waals surface area contributed by atoms with Crippen molar-refractivity contribution in [2.45, 2.75) is 13.3 Å². The van der Waals surface area contributed by atoms with Crippen molar-refractivity contribution in [3.63, 3.8) is 0 Å². The number of hydrogen-bond donors (Lipinski definition) is 0. The Kier molecular flexibility index (Phi) is 3.60. The summed E-state index contributed by atoms with van der Waals surface area (Å²) in [5.41, 5.74) is 0.600. The van der Waals surface area contributed by atoms with E-state index >= 15 is 0 Å². The number of rotatable bonds is 2. The number of halogens is 3. The summed E-state index contributed by atoms with van der Waals surface area (Å²) < 4.78 is 0. The van der Waals surface area contributed by atoms with E-state index in [0.29, 0.717) is 20.6 Å². The molecule has 0 amide bonds. The number of carbonyl (C=O) groups excluding carboxylic acids is 1. The Morgan fingerprint density at radius 3 is 2.31 bits per heavy atom. The first kappa shape index (κ1) is 10.8. The van der Waals surface area contributed by atoms with E-state index in [1.807, 2.05) is 0 Å². The van der Waals surface area contributed by atoms with Crippen LogP contribution in [0.5, 0.6) is 0 Å². The quantitative estimate of drug-likeness (QED) is 0.716. The fourth-order valence-corrected chi connectivity index (χ4v) is 1.66. The summed E-state index contributed by atoms with van der Waals surface area (Å²) in [4.78, 5) is 10.9. The molecule has 4 heteroatoms. The Hall–Kier alpha value is -0.240. The highest BCUT2D eigenvalue weighted by Gasteiger charge is 2.10. The third kappa shape index (κ3) is 2.60. The van der Waals surface area contributed by atoms with Crippen LogP contribution < -0.4 is 0 Å². The van der Waals surface area contributed by atoms with E-state index < -0.39 is 0 Å². The highest BCUT2D eigenvalue weighted by Crippen LogP contribution is 2.31. The molecular weight excluding hydrogens is 230 g/mol. The lowest BCUT2D eigenvalue weighted by atomic mass is 10.1. The van der Waals surface area contributed by atoms with Gasteiger partial charge in [0.15, 0.2) is 0 Å². The molecule has 1 rings (SSSR count). The molecule has 0 aliphatic heterocycles. The lowest BCUT2D eigenvalue weighted by molar-refractivity contribution is -0.116. The Balaban J connectivity index is 3.17. The van der Waals surface area contributed by atoms with Gasteiger partial charge >= 0.3 is 0 Å². The summed E-state index contributed by atoms with van der Waals surface area (Å²) >= 11 is 17.5. The molecule has 0 fully saturated rings. The molecule has 0 N–H and O–H groups in total. The third-order valence-electron chi connectivity index (χ3n) is 1.56. The molecule has 0 spiro atoms. The van der Waals surface area contributed by atoms with Gasteiger partial charge in [0.2, 0.25) is 0 Å². The number of carbonyl (C=O) groups is 1. The largest absolute Gasteiger partial charge is 0.300 e. The van der Waals surface area contributed by atoms with Crippen LogP contribution in [0.1, 0.15) is 12.5 Å². The van der Waals surface area contributed by atoms with E-state index in [-0.39, 0.29) is 12.2 Å². The minimum absolute atomic E-state index is 0.00562. The van der Waals surface area contributed by atoms with Crippen molar-refractivity contribution in [2.75, 3.05) is 0 Å². The fourth-order valence-electron chi connectivity index (χ4n) is 0.980. The number of hydrogen-bond acceptors (Lipinski definition) is 1. The van der Waals surface area contributed by atoms with Crippen LogP contribution in [0, 0.1) is 0 Å². The lowest BCUT2D eigenvalue weighted by Gasteiger charge is -2.05.